The summed E-state index contributed by atoms with van der Waals surface area (Å²) in [5.41, 5.74) is 2.80. The molecule has 0 aliphatic heterocycles. The molecular formula is C16H24N2O2S. The van der Waals surface area contributed by atoms with Crippen LogP contribution in [0.15, 0.2) is 24.3 Å². The van der Waals surface area contributed by atoms with E-state index in [4.69, 9.17) is 0 Å². The molecule has 1 fully saturated rings. The fourth-order valence-corrected chi connectivity index (χ4v) is 5.10. The highest BCUT2D eigenvalue weighted by atomic mass is 32.2. The lowest BCUT2D eigenvalue weighted by Gasteiger charge is -2.23. The molecule has 3 rings (SSSR count). The molecule has 1 aromatic rings. The van der Waals surface area contributed by atoms with Gasteiger partial charge in [-0.25, -0.2) is 4.72 Å². The van der Waals surface area contributed by atoms with E-state index in [2.05, 4.69) is 33.7 Å². The average Bonchev–Trinajstić information content (AvgIpc) is 2.71. The summed E-state index contributed by atoms with van der Waals surface area (Å²) in [6.07, 6.45) is 5.05. The van der Waals surface area contributed by atoms with Crippen molar-refractivity contribution >= 4 is 10.2 Å². The van der Waals surface area contributed by atoms with Gasteiger partial charge < -0.3 is 0 Å². The van der Waals surface area contributed by atoms with Gasteiger partial charge in [-0.1, -0.05) is 31.2 Å². The molecule has 2 aliphatic carbocycles. The molecule has 2 atom stereocenters. The Morgan fingerprint density at radius 3 is 2.19 bits per heavy atom. The van der Waals surface area contributed by atoms with Gasteiger partial charge in [-0.2, -0.15) is 13.1 Å². The van der Waals surface area contributed by atoms with E-state index in [1.807, 2.05) is 6.92 Å². The molecule has 0 spiro atoms. The quantitative estimate of drug-likeness (QED) is 0.874. The number of rotatable bonds is 5. The van der Waals surface area contributed by atoms with Crippen LogP contribution in [0.25, 0.3) is 0 Å². The topological polar surface area (TPSA) is 58.2 Å². The zero-order chi connectivity index (χ0) is 14.9. The van der Waals surface area contributed by atoms with E-state index < -0.39 is 10.2 Å². The van der Waals surface area contributed by atoms with E-state index in [0.29, 0.717) is 18.4 Å². The molecule has 1 aromatic carbocycles. The van der Waals surface area contributed by atoms with Crippen LogP contribution in [0.5, 0.6) is 0 Å². The molecule has 0 amide bonds. The largest absolute Gasteiger partial charge is 0.277 e. The van der Waals surface area contributed by atoms with Crippen molar-refractivity contribution < 1.29 is 8.42 Å². The third-order valence-corrected chi connectivity index (χ3v) is 6.01. The fourth-order valence-electron chi connectivity index (χ4n) is 3.80. The highest BCUT2D eigenvalue weighted by Gasteiger charge is 2.40. The van der Waals surface area contributed by atoms with Crippen LogP contribution >= 0.6 is 0 Å². The van der Waals surface area contributed by atoms with E-state index in [-0.39, 0.29) is 6.04 Å². The van der Waals surface area contributed by atoms with E-state index in [0.717, 1.165) is 32.1 Å². The maximum absolute atomic E-state index is 12.1. The van der Waals surface area contributed by atoms with Crippen LogP contribution in [0, 0.1) is 11.8 Å². The first-order valence-electron chi connectivity index (χ1n) is 7.93. The lowest BCUT2D eigenvalue weighted by molar-refractivity contribution is 0.384. The minimum absolute atomic E-state index is 0.0757. The minimum Gasteiger partial charge on any atom is -0.202 e. The van der Waals surface area contributed by atoms with Crippen LogP contribution < -0.4 is 9.44 Å². The summed E-state index contributed by atoms with van der Waals surface area (Å²) in [7, 11) is -3.37. The summed E-state index contributed by atoms with van der Waals surface area (Å²) in [5.74, 6) is 0.855. The van der Waals surface area contributed by atoms with Crippen molar-refractivity contribution in [1.29, 1.82) is 0 Å². The molecule has 0 saturated heterocycles. The van der Waals surface area contributed by atoms with Crippen molar-refractivity contribution in [3.05, 3.63) is 35.4 Å². The Labute approximate surface area is 127 Å². The van der Waals surface area contributed by atoms with E-state index in [1.54, 1.807) is 0 Å². The third kappa shape index (κ3) is 3.30. The molecule has 2 aliphatic rings. The van der Waals surface area contributed by atoms with Crippen LogP contribution in [0.4, 0.5) is 0 Å². The van der Waals surface area contributed by atoms with Gasteiger partial charge in [0.2, 0.25) is 0 Å². The molecule has 0 unspecified atom stereocenters. The summed E-state index contributed by atoms with van der Waals surface area (Å²) in [4.78, 5) is 0. The van der Waals surface area contributed by atoms with Crippen molar-refractivity contribution in [3.8, 4) is 0 Å². The second-order valence-electron chi connectivity index (χ2n) is 6.32. The predicted octanol–water partition coefficient (Wildman–Crippen LogP) is 2.01. The van der Waals surface area contributed by atoms with Gasteiger partial charge in [-0.3, -0.25) is 0 Å². The molecule has 0 radical (unpaired) electrons. The van der Waals surface area contributed by atoms with Gasteiger partial charge in [0.05, 0.1) is 0 Å². The van der Waals surface area contributed by atoms with Crippen molar-refractivity contribution in [2.75, 3.05) is 6.54 Å². The first-order valence-corrected chi connectivity index (χ1v) is 9.41. The van der Waals surface area contributed by atoms with Gasteiger partial charge in [-0.15, -0.1) is 0 Å². The van der Waals surface area contributed by atoms with Gasteiger partial charge in [-0.05, 0) is 55.1 Å². The van der Waals surface area contributed by atoms with E-state index in [1.165, 1.54) is 11.1 Å². The van der Waals surface area contributed by atoms with Crippen molar-refractivity contribution in [3.63, 3.8) is 0 Å². The Kier molecular flexibility index (Phi) is 4.33. The number of hydrogen-bond donors (Lipinski definition) is 2. The monoisotopic (exact) mass is 308 g/mol. The maximum atomic E-state index is 12.1. The van der Waals surface area contributed by atoms with E-state index >= 15 is 0 Å². The maximum Gasteiger partial charge on any atom is 0.277 e. The van der Waals surface area contributed by atoms with Gasteiger partial charge in [0, 0.05) is 12.6 Å². The Morgan fingerprint density at radius 2 is 1.67 bits per heavy atom. The molecule has 4 nitrogen and oxygen atoms in total. The van der Waals surface area contributed by atoms with E-state index in [9.17, 15) is 8.42 Å². The number of nitrogens with one attached hydrogen (secondary N) is 2. The van der Waals surface area contributed by atoms with Crippen LogP contribution in [0.1, 0.15) is 37.3 Å². The molecule has 116 valence electrons. The van der Waals surface area contributed by atoms with Crippen molar-refractivity contribution in [2.45, 2.75) is 45.1 Å². The Hall–Kier alpha value is -0.910. The van der Waals surface area contributed by atoms with Crippen LogP contribution in [0.3, 0.4) is 0 Å². The van der Waals surface area contributed by atoms with Crippen molar-refractivity contribution in [2.24, 2.45) is 11.8 Å². The molecule has 1 saturated carbocycles. The average molecular weight is 308 g/mol. The zero-order valence-corrected chi connectivity index (χ0v) is 13.3. The number of benzene rings is 1. The summed E-state index contributed by atoms with van der Waals surface area (Å²) in [6, 6.07) is 8.62. The summed E-state index contributed by atoms with van der Waals surface area (Å²) < 4.78 is 29.8. The minimum atomic E-state index is -3.37. The highest BCUT2D eigenvalue weighted by Crippen LogP contribution is 2.40. The molecule has 21 heavy (non-hydrogen) atoms. The number of fused-ring (bicyclic) bond motifs is 3. The SMILES string of the molecule is CCCNS(=O)(=O)NC1[C@H]2CC[C@H]1Cc1ccccc1C2. The second kappa shape index (κ2) is 6.07. The molecule has 0 heterocycles. The normalized spacial score (nSPS) is 28.1. The third-order valence-electron chi connectivity index (χ3n) is 4.84. The number of hydrogen-bond acceptors (Lipinski definition) is 2. The molecule has 5 heteroatoms. The van der Waals surface area contributed by atoms with Crippen LogP contribution in [-0.2, 0) is 23.1 Å². The highest BCUT2D eigenvalue weighted by molar-refractivity contribution is 7.87. The molecular weight excluding hydrogens is 284 g/mol. The first-order chi connectivity index (χ1) is 10.1. The lowest BCUT2D eigenvalue weighted by Crippen LogP contribution is -2.47. The Balaban J connectivity index is 1.77. The molecule has 2 bridgehead atoms. The summed E-state index contributed by atoms with van der Waals surface area (Å²) >= 11 is 0. The summed E-state index contributed by atoms with van der Waals surface area (Å²) in [6.45, 7) is 2.46. The Morgan fingerprint density at radius 1 is 1.10 bits per heavy atom. The molecule has 2 N–H and O–H groups in total. The van der Waals surface area contributed by atoms with Gasteiger partial charge >= 0.3 is 0 Å². The molecule has 0 aromatic heterocycles. The Bertz CT molecular complexity index is 567. The lowest BCUT2D eigenvalue weighted by atomic mass is 9.94. The predicted molar refractivity (Wildman–Crippen MR) is 84.2 cm³/mol. The first kappa shape index (κ1) is 15.0. The fraction of sp³-hybridized carbons (Fsp3) is 0.625. The van der Waals surface area contributed by atoms with Gasteiger partial charge in [0.1, 0.15) is 0 Å². The smallest absolute Gasteiger partial charge is 0.202 e. The van der Waals surface area contributed by atoms with Gasteiger partial charge in [0.15, 0.2) is 0 Å². The van der Waals surface area contributed by atoms with Crippen LogP contribution in [-0.4, -0.2) is 21.0 Å². The van der Waals surface area contributed by atoms with Gasteiger partial charge in [0.25, 0.3) is 10.2 Å². The second-order valence-corrected chi connectivity index (χ2v) is 7.85. The standard InChI is InChI=1S/C16H24N2O2S/c1-2-9-17-21(19,20)18-16-14-7-8-15(16)11-13-6-4-3-5-12(13)10-14/h3-6,14-18H,2,7-11H2,1H3/t14-,15-/m0/s1. The van der Waals surface area contributed by atoms with Crippen molar-refractivity contribution in [1.82, 2.24) is 9.44 Å². The summed E-state index contributed by atoms with van der Waals surface area (Å²) in [5, 5.41) is 0. The zero-order valence-electron chi connectivity index (χ0n) is 12.5. The van der Waals surface area contributed by atoms with Crippen LogP contribution in [0.2, 0.25) is 0 Å².